The highest BCUT2D eigenvalue weighted by Gasteiger charge is 2.28. The molecule has 9 heteroatoms. The fraction of sp³-hybridized carbons (Fsp3) is 0.526. The Kier molecular flexibility index (Phi) is 6.45. The van der Waals surface area contributed by atoms with Gasteiger partial charge in [-0.2, -0.15) is 5.10 Å². The van der Waals surface area contributed by atoms with Gasteiger partial charge in [-0.3, -0.25) is 4.57 Å². The standard InChI is InChI=1S/C19H26FN5O3/c1-3-24-17(22-25(19(24)27)12-13-28-2)14-8-10-23(11-9-14)18(26)21-16-7-5-4-6-15(16)20/h4-7,14H,3,8-13H2,1-2H3,(H,21,26). The molecule has 0 aliphatic carbocycles. The van der Waals surface area contributed by atoms with Crippen LogP contribution >= 0.6 is 0 Å². The number of ether oxygens (including phenoxy) is 1. The number of amides is 2. The molecule has 152 valence electrons. The Morgan fingerprint density at radius 3 is 2.68 bits per heavy atom. The number of halogens is 1. The Labute approximate surface area is 162 Å². The summed E-state index contributed by atoms with van der Waals surface area (Å²) in [7, 11) is 1.59. The summed E-state index contributed by atoms with van der Waals surface area (Å²) in [6.45, 7) is 4.36. The molecule has 0 radical (unpaired) electrons. The minimum Gasteiger partial charge on any atom is -0.383 e. The molecule has 0 saturated carbocycles. The lowest BCUT2D eigenvalue weighted by atomic mass is 9.96. The summed E-state index contributed by atoms with van der Waals surface area (Å²) < 4.78 is 21.9. The Bertz CT molecular complexity index is 871. The van der Waals surface area contributed by atoms with Gasteiger partial charge in [0, 0.05) is 32.7 Å². The zero-order chi connectivity index (χ0) is 20.1. The highest BCUT2D eigenvalue weighted by atomic mass is 19.1. The second-order valence-corrected chi connectivity index (χ2v) is 6.77. The number of nitrogens with one attached hydrogen (secondary N) is 1. The molecule has 3 rings (SSSR count). The van der Waals surface area contributed by atoms with Crippen LogP contribution in [0.5, 0.6) is 0 Å². The number of piperidine rings is 1. The molecule has 1 aromatic heterocycles. The van der Waals surface area contributed by atoms with Gasteiger partial charge in [-0.15, -0.1) is 0 Å². The van der Waals surface area contributed by atoms with Crippen LogP contribution in [-0.2, 0) is 17.8 Å². The van der Waals surface area contributed by atoms with Gasteiger partial charge in [0.2, 0.25) is 0 Å². The summed E-state index contributed by atoms with van der Waals surface area (Å²) in [5, 5.41) is 7.13. The molecule has 1 aromatic carbocycles. The number of urea groups is 1. The number of anilines is 1. The predicted octanol–water partition coefficient (Wildman–Crippen LogP) is 2.26. The molecular formula is C19H26FN5O3. The number of hydrogen-bond donors (Lipinski definition) is 1. The largest absolute Gasteiger partial charge is 0.383 e. The lowest BCUT2D eigenvalue weighted by Crippen LogP contribution is -2.41. The highest BCUT2D eigenvalue weighted by molar-refractivity contribution is 5.89. The minimum atomic E-state index is -0.459. The van der Waals surface area contributed by atoms with Gasteiger partial charge in [-0.05, 0) is 31.9 Å². The fourth-order valence-corrected chi connectivity index (χ4v) is 3.48. The number of aromatic nitrogens is 3. The summed E-state index contributed by atoms with van der Waals surface area (Å²) in [6.07, 6.45) is 1.40. The molecule has 1 aliphatic rings. The van der Waals surface area contributed by atoms with Crippen molar-refractivity contribution in [2.75, 3.05) is 32.1 Å². The normalized spacial score (nSPS) is 15.0. The van der Waals surface area contributed by atoms with Crippen molar-refractivity contribution in [2.24, 2.45) is 0 Å². The van der Waals surface area contributed by atoms with E-state index in [1.165, 1.54) is 16.8 Å². The van der Waals surface area contributed by atoms with Gasteiger partial charge < -0.3 is 15.0 Å². The lowest BCUT2D eigenvalue weighted by molar-refractivity contribution is 0.181. The highest BCUT2D eigenvalue weighted by Crippen LogP contribution is 2.26. The molecule has 0 bridgehead atoms. The summed E-state index contributed by atoms with van der Waals surface area (Å²) in [6, 6.07) is 5.78. The monoisotopic (exact) mass is 391 g/mol. The number of nitrogens with zero attached hydrogens (tertiary/aromatic N) is 4. The average Bonchev–Trinajstić information content (AvgIpc) is 3.03. The van der Waals surface area contributed by atoms with Gasteiger partial charge in [0.15, 0.2) is 0 Å². The third kappa shape index (κ3) is 4.24. The van der Waals surface area contributed by atoms with Crippen LogP contribution in [0.4, 0.5) is 14.9 Å². The van der Waals surface area contributed by atoms with E-state index >= 15 is 0 Å². The Hall–Kier alpha value is -2.68. The first-order chi connectivity index (χ1) is 13.5. The summed E-state index contributed by atoms with van der Waals surface area (Å²) in [5.74, 6) is 0.408. The molecular weight excluding hydrogens is 365 g/mol. The van der Waals surface area contributed by atoms with E-state index in [1.54, 1.807) is 28.7 Å². The number of likely N-dealkylation sites (tertiary alicyclic amines) is 1. The van der Waals surface area contributed by atoms with Crippen molar-refractivity contribution in [3.05, 3.63) is 46.4 Å². The molecule has 1 fully saturated rings. The molecule has 2 amide bonds. The molecule has 28 heavy (non-hydrogen) atoms. The van der Waals surface area contributed by atoms with E-state index in [-0.39, 0.29) is 23.3 Å². The smallest absolute Gasteiger partial charge is 0.345 e. The van der Waals surface area contributed by atoms with E-state index in [1.807, 2.05) is 6.92 Å². The summed E-state index contributed by atoms with van der Waals surface area (Å²) >= 11 is 0. The number of carbonyl (C=O) groups is 1. The van der Waals surface area contributed by atoms with Crippen LogP contribution in [0.1, 0.15) is 31.5 Å². The van der Waals surface area contributed by atoms with Crippen molar-refractivity contribution in [3.8, 4) is 0 Å². The molecule has 0 spiro atoms. The summed E-state index contributed by atoms with van der Waals surface area (Å²) in [5.41, 5.74) is 0.0422. The molecule has 0 unspecified atom stereocenters. The third-order valence-electron chi connectivity index (χ3n) is 5.04. The van der Waals surface area contributed by atoms with Crippen molar-refractivity contribution in [1.82, 2.24) is 19.2 Å². The second-order valence-electron chi connectivity index (χ2n) is 6.77. The first-order valence-corrected chi connectivity index (χ1v) is 9.52. The maximum absolute atomic E-state index is 13.7. The second kappa shape index (κ2) is 9.01. The van der Waals surface area contributed by atoms with Gasteiger partial charge in [-0.1, -0.05) is 12.1 Å². The van der Waals surface area contributed by atoms with Crippen molar-refractivity contribution in [1.29, 1.82) is 0 Å². The number of hydrogen-bond acceptors (Lipinski definition) is 4. The maximum Gasteiger partial charge on any atom is 0.345 e. The van der Waals surface area contributed by atoms with Crippen LogP contribution in [0.3, 0.4) is 0 Å². The van der Waals surface area contributed by atoms with Crippen molar-refractivity contribution in [2.45, 2.75) is 38.8 Å². The van der Waals surface area contributed by atoms with Crippen molar-refractivity contribution < 1.29 is 13.9 Å². The SMILES string of the molecule is CCn1c(C2CCN(C(=O)Nc3ccccc3F)CC2)nn(CCOC)c1=O. The van der Waals surface area contributed by atoms with Gasteiger partial charge in [0.05, 0.1) is 18.8 Å². The van der Waals surface area contributed by atoms with E-state index < -0.39 is 5.82 Å². The Balaban J connectivity index is 1.64. The number of benzene rings is 1. The summed E-state index contributed by atoms with van der Waals surface area (Å²) in [4.78, 5) is 26.6. The average molecular weight is 391 g/mol. The number of para-hydroxylation sites is 1. The Morgan fingerprint density at radius 1 is 1.32 bits per heavy atom. The van der Waals surface area contributed by atoms with Crippen LogP contribution in [0.15, 0.2) is 29.1 Å². The maximum atomic E-state index is 13.7. The zero-order valence-electron chi connectivity index (χ0n) is 16.2. The molecule has 0 atom stereocenters. The van der Waals surface area contributed by atoms with E-state index in [0.717, 1.165) is 5.82 Å². The van der Waals surface area contributed by atoms with E-state index in [9.17, 15) is 14.0 Å². The predicted molar refractivity (Wildman–Crippen MR) is 103 cm³/mol. The van der Waals surface area contributed by atoms with Crippen LogP contribution in [0, 0.1) is 5.82 Å². The zero-order valence-corrected chi connectivity index (χ0v) is 16.2. The van der Waals surface area contributed by atoms with Crippen molar-refractivity contribution >= 4 is 11.7 Å². The third-order valence-corrected chi connectivity index (χ3v) is 5.04. The van der Waals surface area contributed by atoms with Crippen LogP contribution in [-0.4, -0.2) is 52.1 Å². The number of methoxy groups -OCH3 is 1. The molecule has 1 saturated heterocycles. The quantitative estimate of drug-likeness (QED) is 0.819. The molecule has 1 N–H and O–H groups in total. The molecule has 2 heterocycles. The Morgan fingerprint density at radius 2 is 2.04 bits per heavy atom. The minimum absolute atomic E-state index is 0.106. The van der Waals surface area contributed by atoms with E-state index in [0.29, 0.717) is 45.6 Å². The molecule has 2 aromatic rings. The number of rotatable bonds is 6. The van der Waals surface area contributed by atoms with Gasteiger partial charge in [0.1, 0.15) is 11.6 Å². The fourth-order valence-electron chi connectivity index (χ4n) is 3.48. The number of carbonyl (C=O) groups excluding carboxylic acids is 1. The molecule has 1 aliphatic heterocycles. The van der Waals surface area contributed by atoms with E-state index in [4.69, 9.17) is 4.74 Å². The van der Waals surface area contributed by atoms with Crippen LogP contribution in [0.25, 0.3) is 0 Å². The lowest BCUT2D eigenvalue weighted by Gasteiger charge is -2.31. The molecule has 8 nitrogen and oxygen atoms in total. The van der Waals surface area contributed by atoms with Gasteiger partial charge >= 0.3 is 11.7 Å². The van der Waals surface area contributed by atoms with Gasteiger partial charge in [0.25, 0.3) is 0 Å². The van der Waals surface area contributed by atoms with Crippen LogP contribution in [0.2, 0.25) is 0 Å². The van der Waals surface area contributed by atoms with E-state index in [2.05, 4.69) is 10.4 Å². The first-order valence-electron chi connectivity index (χ1n) is 9.52. The van der Waals surface area contributed by atoms with Crippen LogP contribution < -0.4 is 11.0 Å². The topological polar surface area (TPSA) is 81.4 Å². The van der Waals surface area contributed by atoms with Gasteiger partial charge in [-0.25, -0.2) is 18.7 Å². The van der Waals surface area contributed by atoms with Crippen molar-refractivity contribution in [3.63, 3.8) is 0 Å². The first kappa shape index (κ1) is 20.1.